The number of rotatable bonds is 4. The van der Waals surface area contributed by atoms with Gasteiger partial charge in [-0.1, -0.05) is 19.1 Å². The summed E-state index contributed by atoms with van der Waals surface area (Å²) >= 11 is 0. The van der Waals surface area contributed by atoms with Gasteiger partial charge >= 0.3 is 0 Å². The summed E-state index contributed by atoms with van der Waals surface area (Å²) in [5.41, 5.74) is 4.64. The first-order chi connectivity index (χ1) is 14.2. The summed E-state index contributed by atoms with van der Waals surface area (Å²) in [6, 6.07) is 9.54. The second-order valence-electron chi connectivity index (χ2n) is 8.15. The lowest BCUT2D eigenvalue weighted by Crippen LogP contribution is -2.33. The topological polar surface area (TPSA) is 76.1 Å². The smallest absolute Gasteiger partial charge is 0.241 e. The van der Waals surface area contributed by atoms with Crippen LogP contribution in [0, 0.1) is 13.8 Å². The highest BCUT2D eigenvalue weighted by atomic mass is 16.2. The van der Waals surface area contributed by atoms with Gasteiger partial charge in [0.2, 0.25) is 5.91 Å². The van der Waals surface area contributed by atoms with E-state index in [4.69, 9.17) is 0 Å². The molecule has 6 heteroatoms. The van der Waals surface area contributed by atoms with Crippen molar-refractivity contribution in [1.29, 1.82) is 0 Å². The number of nitrogens with zero attached hydrogens (tertiary/aromatic N) is 4. The Balaban J connectivity index is 1.88. The number of fused-ring (bicyclic) bond motifs is 1. The van der Waals surface area contributed by atoms with Crippen molar-refractivity contribution >= 4 is 23.1 Å². The van der Waals surface area contributed by atoms with E-state index in [0.29, 0.717) is 29.3 Å². The molecule has 3 heterocycles. The Bertz CT molecular complexity index is 1170. The highest BCUT2D eigenvalue weighted by Gasteiger charge is 2.44. The van der Waals surface area contributed by atoms with E-state index >= 15 is 0 Å². The fourth-order valence-electron chi connectivity index (χ4n) is 3.83. The molecule has 1 aromatic carbocycles. The van der Waals surface area contributed by atoms with Crippen LogP contribution in [-0.4, -0.2) is 26.6 Å². The molecule has 0 N–H and O–H groups in total. The van der Waals surface area contributed by atoms with Gasteiger partial charge in [0.15, 0.2) is 5.78 Å². The van der Waals surface area contributed by atoms with Gasteiger partial charge in [-0.2, -0.15) is 0 Å². The van der Waals surface area contributed by atoms with Crippen LogP contribution in [0.5, 0.6) is 0 Å². The van der Waals surface area contributed by atoms with Crippen molar-refractivity contribution in [2.24, 2.45) is 0 Å². The minimum Gasteiger partial charge on any atom is -0.292 e. The second kappa shape index (κ2) is 7.13. The molecule has 30 heavy (non-hydrogen) atoms. The average Bonchev–Trinajstić information content (AvgIpc) is 2.92. The number of Topliss-reactive ketones (excluding diaryl/α,β-unsaturated/α-hetero) is 1. The highest BCUT2D eigenvalue weighted by molar-refractivity contribution is 6.13. The normalized spacial score (nSPS) is 14.7. The molecular formula is C24H24N4O2. The fourth-order valence-corrected chi connectivity index (χ4v) is 3.83. The summed E-state index contributed by atoms with van der Waals surface area (Å²) in [4.78, 5) is 40.3. The number of aryl methyl sites for hydroxylation is 2. The fraction of sp³-hybridized carbons (Fsp3) is 0.292. The van der Waals surface area contributed by atoms with Crippen LogP contribution in [0.3, 0.4) is 0 Å². The number of hydrogen-bond donors (Lipinski definition) is 0. The monoisotopic (exact) mass is 400 g/mol. The van der Waals surface area contributed by atoms with Crippen LogP contribution in [0.15, 0.2) is 42.7 Å². The maximum Gasteiger partial charge on any atom is 0.241 e. The van der Waals surface area contributed by atoms with E-state index in [1.165, 1.54) is 0 Å². The number of pyridine rings is 1. The largest absolute Gasteiger partial charge is 0.292 e. The first-order valence-electron chi connectivity index (χ1n) is 10.0. The number of hydrogen-bond acceptors (Lipinski definition) is 5. The molecule has 0 aliphatic carbocycles. The SMILES string of the molecule is CCC(=O)c1cc(N2C(=O)C(C)(C)c3ccc(-c4cnc(C)nc4)cc32)cc(C)n1. The summed E-state index contributed by atoms with van der Waals surface area (Å²) in [6.45, 7) is 9.34. The van der Waals surface area contributed by atoms with E-state index in [9.17, 15) is 9.59 Å². The van der Waals surface area contributed by atoms with Crippen molar-refractivity contribution in [3.05, 3.63) is 65.5 Å². The zero-order valence-corrected chi connectivity index (χ0v) is 17.9. The van der Waals surface area contributed by atoms with Crippen molar-refractivity contribution in [2.75, 3.05) is 4.90 Å². The Morgan fingerprint density at radius 3 is 2.40 bits per heavy atom. The molecule has 3 aromatic rings. The number of ketones is 1. The molecule has 6 nitrogen and oxygen atoms in total. The van der Waals surface area contributed by atoms with Gasteiger partial charge in [0.1, 0.15) is 11.5 Å². The van der Waals surface area contributed by atoms with Gasteiger partial charge in [-0.05, 0) is 57.0 Å². The first kappa shape index (κ1) is 19.9. The van der Waals surface area contributed by atoms with E-state index in [0.717, 1.165) is 22.4 Å². The molecule has 1 amide bonds. The van der Waals surface area contributed by atoms with Crippen molar-refractivity contribution in [3.63, 3.8) is 0 Å². The Morgan fingerprint density at radius 1 is 1.03 bits per heavy atom. The molecule has 1 aliphatic heterocycles. The third-order valence-corrected chi connectivity index (χ3v) is 5.57. The Labute approximate surface area is 176 Å². The predicted molar refractivity (Wildman–Crippen MR) is 116 cm³/mol. The van der Waals surface area contributed by atoms with E-state index in [1.54, 1.807) is 30.3 Å². The number of benzene rings is 1. The number of anilines is 2. The van der Waals surface area contributed by atoms with Gasteiger partial charge in [-0.25, -0.2) is 15.0 Å². The standard InChI is InChI=1S/C24H24N4O2/c1-6-22(29)20-11-18(9-14(2)27-20)28-21-10-16(17-12-25-15(3)26-13-17)7-8-19(21)24(4,5)23(28)30/h7-13H,6H2,1-5H3. The minimum absolute atomic E-state index is 0.0321. The van der Waals surface area contributed by atoms with Crippen LogP contribution in [0.25, 0.3) is 11.1 Å². The van der Waals surface area contributed by atoms with Crippen molar-refractivity contribution in [3.8, 4) is 11.1 Å². The summed E-state index contributed by atoms with van der Waals surface area (Å²) in [7, 11) is 0. The highest BCUT2D eigenvalue weighted by Crippen LogP contribution is 2.46. The molecule has 0 atom stereocenters. The van der Waals surface area contributed by atoms with Gasteiger partial charge < -0.3 is 0 Å². The molecule has 0 bridgehead atoms. The van der Waals surface area contributed by atoms with Crippen LogP contribution in [0.1, 0.15) is 54.8 Å². The number of amides is 1. The van der Waals surface area contributed by atoms with Gasteiger partial charge in [-0.3, -0.25) is 14.5 Å². The average molecular weight is 400 g/mol. The van der Waals surface area contributed by atoms with Crippen LogP contribution in [-0.2, 0) is 10.2 Å². The molecule has 152 valence electrons. The lowest BCUT2D eigenvalue weighted by atomic mass is 9.85. The molecule has 0 radical (unpaired) electrons. The number of carbonyl (C=O) groups excluding carboxylic acids is 2. The third kappa shape index (κ3) is 3.18. The number of aromatic nitrogens is 3. The quantitative estimate of drug-likeness (QED) is 0.593. The summed E-state index contributed by atoms with van der Waals surface area (Å²) < 4.78 is 0. The van der Waals surface area contributed by atoms with Gasteiger partial charge in [0.25, 0.3) is 0 Å². The molecule has 0 saturated heterocycles. The summed E-state index contributed by atoms with van der Waals surface area (Å²) in [6.07, 6.45) is 3.93. The predicted octanol–water partition coefficient (Wildman–Crippen LogP) is 4.70. The molecule has 1 aliphatic rings. The van der Waals surface area contributed by atoms with Gasteiger partial charge in [0, 0.05) is 30.1 Å². The molecule has 0 saturated carbocycles. The Morgan fingerprint density at radius 2 is 1.73 bits per heavy atom. The van der Waals surface area contributed by atoms with Gasteiger partial charge in [-0.15, -0.1) is 0 Å². The van der Waals surface area contributed by atoms with Crippen LogP contribution in [0.2, 0.25) is 0 Å². The van der Waals surface area contributed by atoms with E-state index < -0.39 is 5.41 Å². The van der Waals surface area contributed by atoms with Crippen LogP contribution >= 0.6 is 0 Å². The Kier molecular flexibility index (Phi) is 4.73. The molecule has 0 spiro atoms. The maximum atomic E-state index is 13.4. The Hall–Kier alpha value is -3.41. The van der Waals surface area contributed by atoms with E-state index in [-0.39, 0.29) is 11.7 Å². The first-order valence-corrected chi connectivity index (χ1v) is 10.0. The molecule has 0 unspecified atom stereocenters. The zero-order valence-electron chi connectivity index (χ0n) is 17.9. The van der Waals surface area contributed by atoms with E-state index in [1.807, 2.05) is 52.0 Å². The van der Waals surface area contributed by atoms with Crippen molar-refractivity contribution in [2.45, 2.75) is 46.5 Å². The number of carbonyl (C=O) groups is 2. The lowest BCUT2D eigenvalue weighted by molar-refractivity contribution is -0.121. The van der Waals surface area contributed by atoms with Crippen molar-refractivity contribution in [1.82, 2.24) is 15.0 Å². The zero-order chi connectivity index (χ0) is 21.6. The molecular weight excluding hydrogens is 376 g/mol. The second-order valence-corrected chi connectivity index (χ2v) is 8.15. The molecule has 0 fully saturated rings. The summed E-state index contributed by atoms with van der Waals surface area (Å²) in [5.74, 6) is 0.630. The van der Waals surface area contributed by atoms with Gasteiger partial charge in [0.05, 0.1) is 16.8 Å². The summed E-state index contributed by atoms with van der Waals surface area (Å²) in [5, 5.41) is 0. The van der Waals surface area contributed by atoms with E-state index in [2.05, 4.69) is 15.0 Å². The third-order valence-electron chi connectivity index (χ3n) is 5.57. The molecule has 4 rings (SSSR count). The maximum absolute atomic E-state index is 13.4. The lowest BCUT2D eigenvalue weighted by Gasteiger charge is -2.21. The molecule has 2 aromatic heterocycles. The minimum atomic E-state index is -0.677. The van der Waals surface area contributed by atoms with Crippen molar-refractivity contribution < 1.29 is 9.59 Å². The van der Waals surface area contributed by atoms with Crippen LogP contribution in [0.4, 0.5) is 11.4 Å². The van der Waals surface area contributed by atoms with Crippen LogP contribution < -0.4 is 4.90 Å².